The summed E-state index contributed by atoms with van der Waals surface area (Å²) in [5.74, 6) is 0. The van der Waals surface area contributed by atoms with Crippen molar-refractivity contribution in [3.05, 3.63) is 29.8 Å². The maximum Gasteiger partial charge on any atom is 0.152 e. The van der Waals surface area contributed by atoms with E-state index < -0.39 is 0 Å². The Hall–Kier alpha value is -1.35. The van der Waals surface area contributed by atoms with Crippen molar-refractivity contribution in [2.75, 3.05) is 18.0 Å². The molecule has 3 heteroatoms. The summed E-state index contributed by atoms with van der Waals surface area (Å²) in [5, 5.41) is 0. The molecule has 1 aliphatic rings. The highest BCUT2D eigenvalue weighted by Crippen LogP contribution is 2.23. The molecule has 1 heterocycles. The lowest BCUT2D eigenvalue weighted by Gasteiger charge is -2.37. The van der Waals surface area contributed by atoms with Gasteiger partial charge in [0.15, 0.2) is 6.29 Å². The van der Waals surface area contributed by atoms with E-state index in [2.05, 4.69) is 18.7 Å². The van der Waals surface area contributed by atoms with Gasteiger partial charge in [-0.1, -0.05) is 12.1 Å². The van der Waals surface area contributed by atoms with Crippen LogP contribution in [0.4, 0.5) is 5.69 Å². The Kier molecular flexibility index (Phi) is 3.25. The molecule has 2 atom stereocenters. The fraction of sp³-hybridized carbons (Fsp3) is 0.462. The van der Waals surface area contributed by atoms with Gasteiger partial charge in [0.05, 0.1) is 12.2 Å². The van der Waals surface area contributed by atoms with Crippen LogP contribution >= 0.6 is 0 Å². The highest BCUT2D eigenvalue weighted by molar-refractivity contribution is 5.84. The van der Waals surface area contributed by atoms with Crippen molar-refractivity contribution in [2.45, 2.75) is 26.1 Å². The smallest absolute Gasteiger partial charge is 0.152 e. The van der Waals surface area contributed by atoms with E-state index in [0.29, 0.717) is 0 Å². The van der Waals surface area contributed by atoms with Gasteiger partial charge in [-0.25, -0.2) is 0 Å². The van der Waals surface area contributed by atoms with Crippen molar-refractivity contribution >= 4 is 12.0 Å². The van der Waals surface area contributed by atoms with E-state index in [-0.39, 0.29) is 12.2 Å². The summed E-state index contributed by atoms with van der Waals surface area (Å²) >= 11 is 0. The predicted octanol–water partition coefficient (Wildman–Crippen LogP) is 2.11. The highest BCUT2D eigenvalue weighted by atomic mass is 16.5. The van der Waals surface area contributed by atoms with Crippen LogP contribution in [0, 0.1) is 0 Å². The molecular weight excluding hydrogens is 202 g/mol. The molecule has 16 heavy (non-hydrogen) atoms. The first kappa shape index (κ1) is 11.1. The summed E-state index contributed by atoms with van der Waals surface area (Å²) in [7, 11) is 0. The van der Waals surface area contributed by atoms with Crippen LogP contribution in [-0.4, -0.2) is 31.6 Å². The van der Waals surface area contributed by atoms with E-state index in [0.717, 1.165) is 30.6 Å². The molecule has 0 amide bonds. The molecule has 1 aliphatic heterocycles. The van der Waals surface area contributed by atoms with Gasteiger partial charge in [-0.2, -0.15) is 0 Å². The van der Waals surface area contributed by atoms with Gasteiger partial charge < -0.3 is 9.64 Å². The zero-order valence-electron chi connectivity index (χ0n) is 9.72. The first-order valence-corrected chi connectivity index (χ1v) is 5.65. The standard InChI is InChI=1S/C13H17NO2/c1-10-7-14(8-11(2)16-10)13-6-4-3-5-12(13)9-15/h3-6,9-11H,7-8H2,1-2H3. The van der Waals surface area contributed by atoms with Gasteiger partial charge in [-0.05, 0) is 26.0 Å². The van der Waals surface area contributed by atoms with E-state index in [9.17, 15) is 4.79 Å². The first-order chi connectivity index (χ1) is 7.70. The molecule has 2 unspecified atom stereocenters. The maximum absolute atomic E-state index is 11.0. The number of carbonyl (C=O) groups excluding carboxylic acids is 1. The molecular formula is C13H17NO2. The number of nitrogens with zero attached hydrogens (tertiary/aromatic N) is 1. The van der Waals surface area contributed by atoms with E-state index in [4.69, 9.17) is 4.74 Å². The Labute approximate surface area is 96.0 Å². The van der Waals surface area contributed by atoms with Crippen LogP contribution in [0.15, 0.2) is 24.3 Å². The SMILES string of the molecule is CC1CN(c2ccccc2C=O)CC(C)O1. The number of morpholine rings is 1. The van der Waals surface area contributed by atoms with Crippen molar-refractivity contribution < 1.29 is 9.53 Å². The second-order valence-electron chi connectivity index (χ2n) is 4.34. The summed E-state index contributed by atoms with van der Waals surface area (Å²) in [6.07, 6.45) is 1.34. The molecule has 0 radical (unpaired) electrons. The second-order valence-corrected chi connectivity index (χ2v) is 4.34. The minimum absolute atomic E-state index is 0.212. The molecule has 1 aromatic carbocycles. The number of anilines is 1. The Morgan fingerprint density at radius 3 is 2.50 bits per heavy atom. The quantitative estimate of drug-likeness (QED) is 0.713. The fourth-order valence-electron chi connectivity index (χ4n) is 2.25. The fourth-order valence-corrected chi connectivity index (χ4v) is 2.25. The number of carbonyl (C=O) groups is 1. The predicted molar refractivity (Wildman–Crippen MR) is 64.1 cm³/mol. The number of hydrogen-bond donors (Lipinski definition) is 0. The third-order valence-corrected chi connectivity index (χ3v) is 2.82. The lowest BCUT2D eigenvalue weighted by Crippen LogP contribution is -2.45. The number of aldehydes is 1. The van der Waals surface area contributed by atoms with Gasteiger partial charge in [-0.15, -0.1) is 0 Å². The van der Waals surface area contributed by atoms with Gasteiger partial charge in [0.25, 0.3) is 0 Å². The topological polar surface area (TPSA) is 29.5 Å². The Morgan fingerprint density at radius 2 is 1.88 bits per heavy atom. The van der Waals surface area contributed by atoms with Crippen LogP contribution in [0.25, 0.3) is 0 Å². The molecule has 0 saturated carbocycles. The highest BCUT2D eigenvalue weighted by Gasteiger charge is 2.23. The van der Waals surface area contributed by atoms with Crippen molar-refractivity contribution in [3.63, 3.8) is 0 Å². The summed E-state index contributed by atoms with van der Waals surface area (Å²) in [6, 6.07) is 7.70. The molecule has 0 N–H and O–H groups in total. The van der Waals surface area contributed by atoms with Crippen molar-refractivity contribution in [2.24, 2.45) is 0 Å². The molecule has 0 spiro atoms. The third-order valence-electron chi connectivity index (χ3n) is 2.82. The molecule has 86 valence electrons. The normalized spacial score (nSPS) is 25.5. The Bertz CT molecular complexity index is 368. The van der Waals surface area contributed by atoms with Gasteiger partial charge in [-0.3, -0.25) is 4.79 Å². The van der Waals surface area contributed by atoms with Gasteiger partial charge in [0.2, 0.25) is 0 Å². The molecule has 0 bridgehead atoms. The molecule has 1 saturated heterocycles. The van der Waals surface area contributed by atoms with Crippen LogP contribution < -0.4 is 4.90 Å². The average Bonchev–Trinajstić information content (AvgIpc) is 2.27. The Balaban J connectivity index is 2.25. The minimum atomic E-state index is 0.212. The van der Waals surface area contributed by atoms with Gasteiger partial charge in [0.1, 0.15) is 0 Å². The molecule has 2 rings (SSSR count). The molecule has 1 aromatic rings. The van der Waals surface area contributed by atoms with Gasteiger partial charge >= 0.3 is 0 Å². The molecule has 1 fully saturated rings. The lowest BCUT2D eigenvalue weighted by molar-refractivity contribution is -0.00525. The number of rotatable bonds is 2. The average molecular weight is 219 g/mol. The monoisotopic (exact) mass is 219 g/mol. The molecule has 0 aromatic heterocycles. The number of ether oxygens (including phenoxy) is 1. The van der Waals surface area contributed by atoms with E-state index in [1.807, 2.05) is 24.3 Å². The summed E-state index contributed by atoms with van der Waals surface area (Å²) in [5.41, 5.74) is 1.77. The summed E-state index contributed by atoms with van der Waals surface area (Å²) in [6.45, 7) is 5.81. The largest absolute Gasteiger partial charge is 0.372 e. The zero-order chi connectivity index (χ0) is 11.5. The van der Waals surface area contributed by atoms with E-state index in [1.165, 1.54) is 0 Å². The van der Waals surface area contributed by atoms with Crippen LogP contribution in [0.1, 0.15) is 24.2 Å². The van der Waals surface area contributed by atoms with E-state index >= 15 is 0 Å². The minimum Gasteiger partial charge on any atom is -0.372 e. The molecule has 0 aliphatic carbocycles. The second kappa shape index (κ2) is 4.66. The first-order valence-electron chi connectivity index (χ1n) is 5.65. The van der Waals surface area contributed by atoms with Crippen molar-refractivity contribution in [1.29, 1.82) is 0 Å². The van der Waals surface area contributed by atoms with Crippen LogP contribution in [0.3, 0.4) is 0 Å². The van der Waals surface area contributed by atoms with Crippen LogP contribution in [0.5, 0.6) is 0 Å². The lowest BCUT2D eigenvalue weighted by atomic mass is 10.1. The van der Waals surface area contributed by atoms with Crippen LogP contribution in [-0.2, 0) is 4.74 Å². The third kappa shape index (κ3) is 2.25. The zero-order valence-corrected chi connectivity index (χ0v) is 9.72. The van der Waals surface area contributed by atoms with E-state index in [1.54, 1.807) is 0 Å². The number of hydrogen-bond acceptors (Lipinski definition) is 3. The molecule has 3 nitrogen and oxygen atoms in total. The summed E-state index contributed by atoms with van der Waals surface area (Å²) in [4.78, 5) is 13.2. The van der Waals surface area contributed by atoms with Crippen LogP contribution in [0.2, 0.25) is 0 Å². The van der Waals surface area contributed by atoms with Gasteiger partial charge in [0, 0.05) is 24.3 Å². The van der Waals surface area contributed by atoms with Crippen molar-refractivity contribution in [3.8, 4) is 0 Å². The van der Waals surface area contributed by atoms with Crippen molar-refractivity contribution in [1.82, 2.24) is 0 Å². The number of benzene rings is 1. The maximum atomic E-state index is 11.0. The Morgan fingerprint density at radius 1 is 1.25 bits per heavy atom. The summed E-state index contributed by atoms with van der Waals surface area (Å²) < 4.78 is 5.68. The number of para-hydroxylation sites is 1.